The number of piperidine rings is 1. The minimum atomic E-state index is -0.0384. The molecule has 2 aliphatic rings. The number of hydrogen-bond acceptors (Lipinski definition) is 3. The highest BCUT2D eigenvalue weighted by molar-refractivity contribution is 14.1. The second-order valence-electron chi connectivity index (χ2n) is 6.79. The van der Waals surface area contributed by atoms with Crippen molar-refractivity contribution in [3.63, 3.8) is 0 Å². The van der Waals surface area contributed by atoms with Gasteiger partial charge < -0.3 is 10.1 Å². The molecule has 3 unspecified atom stereocenters. The lowest BCUT2D eigenvalue weighted by molar-refractivity contribution is -0.151. The molecule has 3 nitrogen and oxygen atoms in total. The number of rotatable bonds is 5. The van der Waals surface area contributed by atoms with Crippen molar-refractivity contribution in [2.75, 3.05) is 6.61 Å². The summed E-state index contributed by atoms with van der Waals surface area (Å²) in [4.78, 5) is 12.7. The molecule has 2 heterocycles. The zero-order chi connectivity index (χ0) is 16.4. The maximum absolute atomic E-state index is 12.7. The number of carbonyl (C=O) groups excluding carboxylic acids is 1. The Morgan fingerprint density at radius 1 is 1.35 bits per heavy atom. The number of esters is 1. The first-order chi connectivity index (χ1) is 11.1. The molecular formula is C19H26INO2. The van der Waals surface area contributed by atoms with E-state index in [9.17, 15) is 4.79 Å². The molecule has 1 N–H and O–H groups in total. The average molecular weight is 427 g/mol. The van der Waals surface area contributed by atoms with Gasteiger partial charge in [0.15, 0.2) is 0 Å². The predicted octanol–water partition coefficient (Wildman–Crippen LogP) is 4.03. The minimum absolute atomic E-state index is 0.00993. The van der Waals surface area contributed by atoms with Crippen molar-refractivity contribution in [2.45, 2.75) is 64.0 Å². The van der Waals surface area contributed by atoms with Crippen molar-refractivity contribution < 1.29 is 9.53 Å². The first kappa shape index (κ1) is 17.2. The topological polar surface area (TPSA) is 38.3 Å². The molecule has 0 amide bonds. The van der Waals surface area contributed by atoms with Crippen LogP contribution in [-0.4, -0.2) is 24.7 Å². The lowest BCUT2D eigenvalue weighted by Gasteiger charge is -2.36. The zero-order valence-corrected chi connectivity index (χ0v) is 16.1. The number of carbonyl (C=O) groups is 1. The maximum Gasteiger partial charge on any atom is 0.311 e. The molecule has 0 spiro atoms. The third kappa shape index (κ3) is 3.58. The van der Waals surface area contributed by atoms with E-state index in [-0.39, 0.29) is 23.8 Å². The smallest absolute Gasteiger partial charge is 0.311 e. The normalized spacial score (nSPS) is 29.5. The van der Waals surface area contributed by atoms with E-state index in [4.69, 9.17) is 4.74 Å². The van der Waals surface area contributed by atoms with Crippen LogP contribution in [0.5, 0.6) is 0 Å². The van der Waals surface area contributed by atoms with Crippen LogP contribution in [0.15, 0.2) is 18.2 Å². The summed E-state index contributed by atoms with van der Waals surface area (Å²) >= 11 is 2.42. The number of benzene rings is 1. The lowest BCUT2D eigenvalue weighted by atomic mass is 9.77. The fourth-order valence-corrected chi connectivity index (χ4v) is 5.03. The summed E-state index contributed by atoms with van der Waals surface area (Å²) in [6, 6.07) is 7.59. The fraction of sp³-hybridized carbons (Fsp3) is 0.632. The van der Waals surface area contributed by atoms with E-state index in [0.717, 1.165) is 25.7 Å². The van der Waals surface area contributed by atoms with Crippen LogP contribution in [-0.2, 0) is 16.0 Å². The Morgan fingerprint density at radius 3 is 2.87 bits per heavy atom. The second kappa shape index (κ2) is 7.51. The van der Waals surface area contributed by atoms with Gasteiger partial charge in [-0.25, -0.2) is 0 Å². The van der Waals surface area contributed by atoms with E-state index in [2.05, 4.69) is 53.0 Å². The highest BCUT2D eigenvalue weighted by Crippen LogP contribution is 2.42. The monoisotopic (exact) mass is 427 g/mol. The second-order valence-corrected chi connectivity index (χ2v) is 7.95. The van der Waals surface area contributed by atoms with Crippen molar-refractivity contribution in [2.24, 2.45) is 5.92 Å². The summed E-state index contributed by atoms with van der Waals surface area (Å²) in [5.74, 6) is 0.241. The molecule has 0 aliphatic carbocycles. The van der Waals surface area contributed by atoms with Gasteiger partial charge in [-0.2, -0.15) is 0 Å². The van der Waals surface area contributed by atoms with Crippen LogP contribution >= 0.6 is 22.6 Å². The molecule has 126 valence electrons. The molecule has 3 rings (SSSR count). The summed E-state index contributed by atoms with van der Waals surface area (Å²) in [5, 5.41) is 3.63. The summed E-state index contributed by atoms with van der Waals surface area (Å²) < 4.78 is 6.84. The Labute approximate surface area is 152 Å². The van der Waals surface area contributed by atoms with Gasteiger partial charge >= 0.3 is 5.97 Å². The van der Waals surface area contributed by atoms with Crippen LogP contribution in [0, 0.1) is 9.49 Å². The van der Waals surface area contributed by atoms with E-state index in [1.807, 2.05) is 6.92 Å². The van der Waals surface area contributed by atoms with Crippen molar-refractivity contribution in [1.82, 2.24) is 5.32 Å². The molecule has 23 heavy (non-hydrogen) atoms. The lowest BCUT2D eigenvalue weighted by Crippen LogP contribution is -2.48. The maximum atomic E-state index is 12.7. The summed E-state index contributed by atoms with van der Waals surface area (Å²) in [6.07, 6.45) is 5.26. The molecular weight excluding hydrogens is 401 g/mol. The van der Waals surface area contributed by atoms with E-state index in [1.54, 1.807) is 0 Å². The third-order valence-electron chi connectivity index (χ3n) is 5.29. The van der Waals surface area contributed by atoms with Gasteiger partial charge in [-0.05, 0) is 71.9 Å². The van der Waals surface area contributed by atoms with Crippen molar-refractivity contribution in [1.29, 1.82) is 0 Å². The number of nitrogens with one attached hydrogen (secondary N) is 1. The van der Waals surface area contributed by atoms with Crippen LogP contribution < -0.4 is 5.32 Å². The van der Waals surface area contributed by atoms with Gasteiger partial charge in [0.05, 0.1) is 12.5 Å². The predicted molar refractivity (Wildman–Crippen MR) is 101 cm³/mol. The van der Waals surface area contributed by atoms with E-state index < -0.39 is 0 Å². The van der Waals surface area contributed by atoms with Crippen molar-refractivity contribution in [3.05, 3.63) is 32.9 Å². The van der Waals surface area contributed by atoms with Gasteiger partial charge in [0.1, 0.15) is 0 Å². The molecule has 0 saturated carbocycles. The van der Waals surface area contributed by atoms with E-state index in [0.29, 0.717) is 12.6 Å². The average Bonchev–Trinajstić information content (AvgIpc) is 2.93. The zero-order valence-electron chi connectivity index (χ0n) is 14.0. The number of ether oxygens (including phenoxy) is 1. The number of halogens is 1. The third-order valence-corrected chi connectivity index (χ3v) is 6.29. The Bertz CT molecular complexity index is 574. The molecule has 2 fully saturated rings. The Kier molecular flexibility index (Phi) is 5.62. The molecule has 2 bridgehead atoms. The van der Waals surface area contributed by atoms with E-state index >= 15 is 0 Å². The van der Waals surface area contributed by atoms with Gasteiger partial charge in [0.2, 0.25) is 0 Å². The summed E-state index contributed by atoms with van der Waals surface area (Å²) in [5.41, 5.74) is 2.69. The van der Waals surface area contributed by atoms with Gasteiger partial charge in [0.25, 0.3) is 0 Å². The number of aryl methyl sites for hydroxylation is 1. The minimum Gasteiger partial charge on any atom is -0.465 e. The first-order valence-electron chi connectivity index (χ1n) is 8.85. The van der Waals surface area contributed by atoms with Crippen LogP contribution in [0.2, 0.25) is 0 Å². The van der Waals surface area contributed by atoms with Gasteiger partial charge in [0, 0.05) is 21.6 Å². The van der Waals surface area contributed by atoms with E-state index in [1.165, 1.54) is 21.1 Å². The fourth-order valence-electron chi connectivity index (χ4n) is 4.10. The van der Waals surface area contributed by atoms with Crippen LogP contribution in [0.25, 0.3) is 0 Å². The highest BCUT2D eigenvalue weighted by Gasteiger charge is 2.46. The van der Waals surface area contributed by atoms with Crippen LogP contribution in [0.4, 0.5) is 0 Å². The Morgan fingerprint density at radius 2 is 2.17 bits per heavy atom. The van der Waals surface area contributed by atoms with Crippen LogP contribution in [0.1, 0.15) is 56.6 Å². The van der Waals surface area contributed by atoms with Crippen molar-refractivity contribution >= 4 is 28.6 Å². The number of hydrogen-bond donors (Lipinski definition) is 1. The molecule has 1 aromatic carbocycles. The largest absolute Gasteiger partial charge is 0.465 e. The Hall–Kier alpha value is -0.620. The summed E-state index contributed by atoms with van der Waals surface area (Å²) in [6.45, 7) is 4.76. The van der Waals surface area contributed by atoms with Gasteiger partial charge in [-0.1, -0.05) is 26.0 Å². The molecule has 4 atom stereocenters. The standard InChI is InChI=1S/C19H26INO2/c1-3-9-23-19(22)18-15(11-14-7-8-17(18)21-14)13-6-5-12(4-2)16(20)10-13/h5-6,10,14-15,17-18,21H,3-4,7-9,11H2,1-2H3/t14?,15-,17?,18?/m1/s1. The quantitative estimate of drug-likeness (QED) is 0.570. The molecule has 2 saturated heterocycles. The Balaban J connectivity index is 1.87. The van der Waals surface area contributed by atoms with Gasteiger partial charge in [-0.3, -0.25) is 4.79 Å². The number of fused-ring (bicyclic) bond motifs is 2. The summed E-state index contributed by atoms with van der Waals surface area (Å²) in [7, 11) is 0. The molecule has 0 radical (unpaired) electrons. The molecule has 0 aromatic heterocycles. The molecule has 1 aromatic rings. The highest BCUT2D eigenvalue weighted by atomic mass is 127. The SMILES string of the molecule is CCCOC(=O)C1C2CCC(C[C@@H]1c1ccc(CC)c(I)c1)N2. The van der Waals surface area contributed by atoms with Gasteiger partial charge in [-0.15, -0.1) is 0 Å². The van der Waals surface area contributed by atoms with Crippen molar-refractivity contribution in [3.8, 4) is 0 Å². The first-order valence-corrected chi connectivity index (χ1v) is 9.92. The molecule has 2 aliphatic heterocycles. The van der Waals surface area contributed by atoms with Crippen LogP contribution in [0.3, 0.4) is 0 Å². The molecule has 4 heteroatoms.